The molecule has 2 saturated carbocycles. The Morgan fingerprint density at radius 3 is 2.53 bits per heavy atom. The normalized spacial score (nSPS) is 35.6. The van der Waals surface area contributed by atoms with E-state index < -0.39 is 0 Å². The van der Waals surface area contributed by atoms with Crippen LogP contribution in [0.5, 0.6) is 11.5 Å². The zero-order valence-electron chi connectivity index (χ0n) is 12.4. The highest BCUT2D eigenvalue weighted by atomic mass is 16.5. The number of benzene rings is 1. The molecule has 3 rings (SSSR count). The minimum atomic E-state index is 0.293. The van der Waals surface area contributed by atoms with Crippen molar-refractivity contribution in [2.45, 2.75) is 46.0 Å². The van der Waals surface area contributed by atoms with Gasteiger partial charge in [-0.05, 0) is 48.0 Å². The summed E-state index contributed by atoms with van der Waals surface area (Å²) in [6.45, 7) is 7.22. The van der Waals surface area contributed by atoms with Gasteiger partial charge in [-0.1, -0.05) is 32.9 Å². The van der Waals surface area contributed by atoms with Gasteiger partial charge in [0.05, 0.1) is 7.11 Å². The van der Waals surface area contributed by atoms with Crippen LogP contribution < -0.4 is 4.74 Å². The van der Waals surface area contributed by atoms with Gasteiger partial charge in [-0.15, -0.1) is 0 Å². The Morgan fingerprint density at radius 2 is 2.00 bits per heavy atom. The van der Waals surface area contributed by atoms with Gasteiger partial charge in [0.1, 0.15) is 0 Å². The maximum absolute atomic E-state index is 10.4. The number of phenolic OH excluding ortho intramolecular Hbond substituents is 1. The number of rotatable bonds is 2. The Labute approximate surface area is 115 Å². The molecule has 1 N–H and O–H groups in total. The van der Waals surface area contributed by atoms with E-state index in [1.807, 2.05) is 12.1 Å². The van der Waals surface area contributed by atoms with Crippen molar-refractivity contribution < 1.29 is 9.84 Å². The maximum Gasteiger partial charge on any atom is 0.161 e. The average Bonchev–Trinajstić information content (AvgIpc) is 2.71. The van der Waals surface area contributed by atoms with Crippen LogP contribution in [0.4, 0.5) is 0 Å². The maximum atomic E-state index is 10.4. The van der Waals surface area contributed by atoms with Gasteiger partial charge < -0.3 is 9.84 Å². The van der Waals surface area contributed by atoms with E-state index in [0.29, 0.717) is 28.2 Å². The van der Waals surface area contributed by atoms with Gasteiger partial charge in [-0.2, -0.15) is 0 Å². The lowest BCUT2D eigenvalue weighted by Crippen LogP contribution is -2.31. The van der Waals surface area contributed by atoms with Crippen molar-refractivity contribution in [3.8, 4) is 11.5 Å². The summed E-state index contributed by atoms with van der Waals surface area (Å²) in [6.07, 6.45) is 3.81. The van der Waals surface area contributed by atoms with E-state index >= 15 is 0 Å². The molecule has 1 aromatic rings. The molecule has 0 heterocycles. The molecule has 2 aliphatic carbocycles. The van der Waals surface area contributed by atoms with Crippen LogP contribution in [0.1, 0.15) is 51.5 Å². The summed E-state index contributed by atoms with van der Waals surface area (Å²) >= 11 is 0. The van der Waals surface area contributed by atoms with Crippen LogP contribution in [0, 0.1) is 16.7 Å². The summed E-state index contributed by atoms with van der Waals surface area (Å²) in [5, 5.41) is 10.4. The summed E-state index contributed by atoms with van der Waals surface area (Å²) in [5.41, 5.74) is 1.74. The first-order valence-electron chi connectivity index (χ1n) is 7.27. The standard InChI is InChI=1S/C17H24O2/c1-16(2)11-8-9-17(16,3)13(10-11)12-6-5-7-14(19-4)15(12)18/h5-7,11,13,18H,8-10H2,1-4H3/t11-,13-,17-/m1/s1. The second-order valence-electron chi connectivity index (χ2n) is 7.06. The summed E-state index contributed by atoms with van der Waals surface area (Å²) in [7, 11) is 1.62. The van der Waals surface area contributed by atoms with Crippen LogP contribution in [-0.4, -0.2) is 12.2 Å². The Morgan fingerprint density at radius 1 is 1.26 bits per heavy atom. The first kappa shape index (κ1) is 12.8. The van der Waals surface area contributed by atoms with Crippen LogP contribution in [0.25, 0.3) is 0 Å². The predicted octanol–water partition coefficient (Wildman–Crippen LogP) is 4.33. The van der Waals surface area contributed by atoms with Crippen molar-refractivity contribution in [3.05, 3.63) is 23.8 Å². The van der Waals surface area contributed by atoms with Crippen LogP contribution in [0.3, 0.4) is 0 Å². The molecule has 2 aliphatic rings. The van der Waals surface area contributed by atoms with E-state index in [0.717, 1.165) is 11.5 Å². The zero-order chi connectivity index (χ0) is 13.8. The Bertz CT molecular complexity index is 506. The minimum absolute atomic E-state index is 0.293. The first-order valence-corrected chi connectivity index (χ1v) is 7.27. The molecule has 2 nitrogen and oxygen atoms in total. The van der Waals surface area contributed by atoms with Gasteiger partial charge in [-0.3, -0.25) is 0 Å². The minimum Gasteiger partial charge on any atom is -0.504 e. The van der Waals surface area contributed by atoms with E-state index in [4.69, 9.17) is 4.74 Å². The fraction of sp³-hybridized carbons (Fsp3) is 0.647. The van der Waals surface area contributed by atoms with Crippen LogP contribution >= 0.6 is 0 Å². The molecule has 0 spiro atoms. The van der Waals surface area contributed by atoms with Gasteiger partial charge >= 0.3 is 0 Å². The van der Waals surface area contributed by atoms with Crippen molar-refractivity contribution in [2.24, 2.45) is 16.7 Å². The number of hydrogen-bond acceptors (Lipinski definition) is 2. The largest absolute Gasteiger partial charge is 0.504 e. The van der Waals surface area contributed by atoms with E-state index in [2.05, 4.69) is 26.8 Å². The van der Waals surface area contributed by atoms with Crippen molar-refractivity contribution in [1.82, 2.24) is 0 Å². The molecule has 3 atom stereocenters. The third-order valence-electron chi connectivity index (χ3n) is 6.42. The van der Waals surface area contributed by atoms with E-state index in [1.54, 1.807) is 7.11 Å². The van der Waals surface area contributed by atoms with Gasteiger partial charge in [0.2, 0.25) is 0 Å². The van der Waals surface area contributed by atoms with Crippen LogP contribution in [0.15, 0.2) is 18.2 Å². The molecule has 1 aromatic carbocycles. The fourth-order valence-electron chi connectivity index (χ4n) is 4.66. The SMILES string of the molecule is COc1cccc([C@H]2C[C@H]3CC[C@@]2(C)C3(C)C)c1O. The van der Waals surface area contributed by atoms with Crippen LogP contribution in [0.2, 0.25) is 0 Å². The van der Waals surface area contributed by atoms with Gasteiger partial charge in [0.15, 0.2) is 11.5 Å². The molecule has 2 fully saturated rings. The van der Waals surface area contributed by atoms with E-state index in [-0.39, 0.29) is 0 Å². The molecule has 104 valence electrons. The highest BCUT2D eigenvalue weighted by Crippen LogP contribution is 2.71. The number of methoxy groups -OCH3 is 1. The number of phenols is 1. The molecular formula is C17H24O2. The fourth-order valence-corrected chi connectivity index (χ4v) is 4.66. The lowest BCUT2D eigenvalue weighted by Gasteiger charge is -2.39. The van der Waals surface area contributed by atoms with Crippen molar-refractivity contribution >= 4 is 0 Å². The quantitative estimate of drug-likeness (QED) is 0.857. The first-order chi connectivity index (χ1) is 8.91. The van der Waals surface area contributed by atoms with Gasteiger partial charge in [0, 0.05) is 5.56 Å². The molecule has 2 heteroatoms. The van der Waals surface area contributed by atoms with Crippen molar-refractivity contribution in [3.63, 3.8) is 0 Å². The number of aromatic hydroxyl groups is 1. The summed E-state index contributed by atoms with van der Waals surface area (Å²) in [6, 6.07) is 5.90. The molecule has 2 bridgehead atoms. The smallest absolute Gasteiger partial charge is 0.161 e. The van der Waals surface area contributed by atoms with Gasteiger partial charge in [0.25, 0.3) is 0 Å². The van der Waals surface area contributed by atoms with Crippen molar-refractivity contribution in [1.29, 1.82) is 0 Å². The Balaban J connectivity index is 2.06. The molecule has 19 heavy (non-hydrogen) atoms. The molecule has 0 amide bonds. The Hall–Kier alpha value is -1.18. The van der Waals surface area contributed by atoms with Crippen LogP contribution in [-0.2, 0) is 0 Å². The second-order valence-corrected chi connectivity index (χ2v) is 7.06. The number of hydrogen-bond donors (Lipinski definition) is 1. The number of para-hydroxylation sites is 1. The average molecular weight is 260 g/mol. The van der Waals surface area contributed by atoms with E-state index in [9.17, 15) is 5.11 Å². The Kier molecular flexibility index (Phi) is 2.64. The molecule has 0 aromatic heterocycles. The highest BCUT2D eigenvalue weighted by Gasteiger charge is 2.61. The second kappa shape index (κ2) is 3.91. The lowest BCUT2D eigenvalue weighted by molar-refractivity contribution is 0.133. The number of ether oxygens (including phenoxy) is 1. The monoisotopic (exact) mass is 260 g/mol. The predicted molar refractivity (Wildman–Crippen MR) is 76.6 cm³/mol. The highest BCUT2D eigenvalue weighted by molar-refractivity contribution is 5.48. The van der Waals surface area contributed by atoms with Crippen molar-refractivity contribution in [2.75, 3.05) is 7.11 Å². The topological polar surface area (TPSA) is 29.5 Å². The third kappa shape index (κ3) is 1.49. The summed E-state index contributed by atoms with van der Waals surface area (Å²) in [5.74, 6) is 2.19. The third-order valence-corrected chi connectivity index (χ3v) is 6.42. The number of fused-ring (bicyclic) bond motifs is 2. The summed E-state index contributed by atoms with van der Waals surface area (Å²) in [4.78, 5) is 0. The summed E-state index contributed by atoms with van der Waals surface area (Å²) < 4.78 is 5.26. The molecular weight excluding hydrogens is 236 g/mol. The van der Waals surface area contributed by atoms with E-state index in [1.165, 1.54) is 19.3 Å². The molecule has 0 saturated heterocycles. The molecule has 0 aliphatic heterocycles. The molecule has 0 unspecified atom stereocenters. The molecule has 0 radical (unpaired) electrons. The zero-order valence-corrected chi connectivity index (χ0v) is 12.4. The van der Waals surface area contributed by atoms with Gasteiger partial charge in [-0.25, -0.2) is 0 Å². The lowest BCUT2D eigenvalue weighted by atomic mass is 9.65.